The predicted molar refractivity (Wildman–Crippen MR) is 104 cm³/mol. The van der Waals surface area contributed by atoms with Gasteiger partial charge in [-0.1, -0.05) is 44.2 Å². The van der Waals surface area contributed by atoms with Gasteiger partial charge in [0.25, 0.3) is 5.91 Å². The van der Waals surface area contributed by atoms with Crippen LogP contribution in [0.25, 0.3) is 12.2 Å². The first-order chi connectivity index (χ1) is 11.4. The molecule has 1 amide bonds. The van der Waals surface area contributed by atoms with Gasteiger partial charge in [-0.25, -0.2) is 0 Å². The molecule has 1 heterocycles. The fourth-order valence-electron chi connectivity index (χ4n) is 2.18. The van der Waals surface area contributed by atoms with E-state index in [0.717, 1.165) is 0 Å². The predicted octanol–water partition coefficient (Wildman–Crippen LogP) is 3.53. The molecule has 0 aliphatic carbocycles. The summed E-state index contributed by atoms with van der Waals surface area (Å²) in [5.74, 6) is 0.612. The van der Waals surface area contributed by atoms with Crippen LogP contribution in [0.5, 0.6) is 0 Å². The quantitative estimate of drug-likeness (QED) is 0.563. The lowest BCUT2D eigenvalue weighted by Gasteiger charge is -2.19. The Kier molecular flexibility index (Phi) is 8.87. The summed E-state index contributed by atoms with van der Waals surface area (Å²) in [5.41, 5.74) is 0. The first-order valence-electron chi connectivity index (χ1n) is 8.07. The summed E-state index contributed by atoms with van der Waals surface area (Å²) < 4.78 is 6.89. The molecule has 3 nitrogen and oxygen atoms in total. The van der Waals surface area contributed by atoms with Gasteiger partial charge >= 0.3 is 0 Å². The standard InChI is InChI=1S/C19H26ClNO2S/c1-6-16(20)14(5)23-17(7-2)19(22)21-12-13(4)11-15-9-10-24-18(15)8-3/h6,8-11,13,17H,1,7,12H2,2-5H3,(H,21,22)/b15-11-,16-14-,18-8+. The van der Waals surface area contributed by atoms with Crippen molar-refractivity contribution in [3.8, 4) is 0 Å². The number of carbonyl (C=O) groups excluding carboxylic acids is 1. The summed E-state index contributed by atoms with van der Waals surface area (Å²) in [6.07, 6.45) is 5.80. The first kappa shape index (κ1) is 20.5. The third kappa shape index (κ3) is 6.17. The van der Waals surface area contributed by atoms with E-state index in [9.17, 15) is 4.79 Å². The maximum atomic E-state index is 12.3. The molecule has 0 aromatic carbocycles. The number of amides is 1. The van der Waals surface area contributed by atoms with E-state index in [0.29, 0.717) is 23.8 Å². The molecule has 0 bridgehead atoms. The smallest absolute Gasteiger partial charge is 0.261 e. The maximum absolute atomic E-state index is 12.3. The molecule has 0 fully saturated rings. The van der Waals surface area contributed by atoms with E-state index in [1.807, 2.05) is 13.8 Å². The molecular weight excluding hydrogens is 342 g/mol. The van der Waals surface area contributed by atoms with E-state index < -0.39 is 6.10 Å². The lowest BCUT2D eigenvalue weighted by Crippen LogP contribution is -2.38. The van der Waals surface area contributed by atoms with Gasteiger partial charge in [-0.3, -0.25) is 4.79 Å². The summed E-state index contributed by atoms with van der Waals surface area (Å²) in [4.78, 5) is 12.3. The molecule has 0 spiro atoms. The number of carbonyl (C=O) groups is 1. The number of hydrogen-bond donors (Lipinski definition) is 1. The number of allylic oxidation sites excluding steroid dienone is 3. The third-order valence-electron chi connectivity index (χ3n) is 3.55. The molecule has 0 aliphatic heterocycles. The van der Waals surface area contributed by atoms with Crippen LogP contribution in [0.3, 0.4) is 0 Å². The molecule has 5 heteroatoms. The minimum absolute atomic E-state index is 0.127. The van der Waals surface area contributed by atoms with E-state index in [1.54, 1.807) is 18.3 Å². The van der Waals surface area contributed by atoms with E-state index in [-0.39, 0.29) is 11.8 Å². The van der Waals surface area contributed by atoms with Gasteiger partial charge in [0.1, 0.15) is 5.76 Å². The number of thiophene rings is 1. The maximum Gasteiger partial charge on any atom is 0.261 e. The molecule has 132 valence electrons. The van der Waals surface area contributed by atoms with Crippen LogP contribution in [-0.4, -0.2) is 18.6 Å². The summed E-state index contributed by atoms with van der Waals surface area (Å²) in [7, 11) is 0. The van der Waals surface area contributed by atoms with Crippen molar-refractivity contribution in [2.45, 2.75) is 40.2 Å². The summed E-state index contributed by atoms with van der Waals surface area (Å²) >= 11 is 7.67. The molecule has 0 saturated heterocycles. The molecule has 24 heavy (non-hydrogen) atoms. The second kappa shape index (κ2) is 10.4. The normalized spacial score (nSPS) is 16.4. The molecule has 1 aromatic heterocycles. The second-order valence-electron chi connectivity index (χ2n) is 5.54. The van der Waals surface area contributed by atoms with Crippen molar-refractivity contribution in [3.05, 3.63) is 44.6 Å². The van der Waals surface area contributed by atoms with Crippen molar-refractivity contribution in [2.24, 2.45) is 5.92 Å². The average Bonchev–Trinajstić information content (AvgIpc) is 3.03. The number of halogens is 1. The first-order valence-corrected chi connectivity index (χ1v) is 9.33. The van der Waals surface area contributed by atoms with Gasteiger partial charge in [-0.15, -0.1) is 11.3 Å². The molecule has 2 atom stereocenters. The largest absolute Gasteiger partial charge is 0.484 e. The minimum Gasteiger partial charge on any atom is -0.484 e. The second-order valence-corrected chi connectivity index (χ2v) is 6.90. The van der Waals surface area contributed by atoms with Crippen LogP contribution >= 0.6 is 22.9 Å². The van der Waals surface area contributed by atoms with E-state index in [4.69, 9.17) is 16.3 Å². The van der Waals surface area contributed by atoms with Crippen LogP contribution in [-0.2, 0) is 9.53 Å². The topological polar surface area (TPSA) is 38.3 Å². The Labute approximate surface area is 153 Å². The van der Waals surface area contributed by atoms with Crippen molar-refractivity contribution in [1.29, 1.82) is 0 Å². The Morgan fingerprint density at radius 2 is 2.25 bits per heavy atom. The average molecular weight is 368 g/mol. The zero-order valence-electron chi connectivity index (χ0n) is 14.8. The highest BCUT2D eigenvalue weighted by Crippen LogP contribution is 2.15. The molecule has 1 rings (SSSR count). The van der Waals surface area contributed by atoms with Crippen LogP contribution in [0.4, 0.5) is 0 Å². The number of hydrogen-bond acceptors (Lipinski definition) is 3. The van der Waals surface area contributed by atoms with Gasteiger partial charge in [-0.05, 0) is 48.9 Å². The molecule has 0 saturated carbocycles. The Bertz CT molecular complexity index is 705. The fraction of sp³-hybridized carbons (Fsp3) is 0.421. The number of rotatable bonds is 8. The Balaban J connectivity index is 2.67. The van der Waals surface area contributed by atoms with Crippen LogP contribution in [0, 0.1) is 5.92 Å². The van der Waals surface area contributed by atoms with Crippen LogP contribution in [0.1, 0.15) is 34.1 Å². The number of nitrogens with one attached hydrogen (secondary N) is 1. The van der Waals surface area contributed by atoms with E-state index in [2.05, 4.69) is 42.4 Å². The monoisotopic (exact) mass is 367 g/mol. The van der Waals surface area contributed by atoms with E-state index in [1.165, 1.54) is 15.8 Å². The molecular formula is C19H26ClNO2S. The van der Waals surface area contributed by atoms with Crippen LogP contribution < -0.4 is 15.1 Å². The molecule has 0 aliphatic rings. The van der Waals surface area contributed by atoms with Crippen molar-refractivity contribution >= 4 is 41.0 Å². The van der Waals surface area contributed by atoms with E-state index >= 15 is 0 Å². The van der Waals surface area contributed by atoms with Gasteiger partial charge in [0.15, 0.2) is 6.10 Å². The van der Waals surface area contributed by atoms with Crippen molar-refractivity contribution < 1.29 is 9.53 Å². The lowest BCUT2D eigenvalue weighted by molar-refractivity contribution is -0.130. The Morgan fingerprint density at radius 1 is 1.54 bits per heavy atom. The summed E-state index contributed by atoms with van der Waals surface area (Å²) in [6, 6.07) is 2.10. The number of ether oxygens (including phenoxy) is 1. The van der Waals surface area contributed by atoms with Crippen molar-refractivity contribution in [1.82, 2.24) is 5.32 Å². The SMILES string of the molecule is C=C/C(Cl)=C(\C)OC(CC)C(=O)NCC(C)/C=c1/ccs/c1=C/C. The van der Waals surface area contributed by atoms with Crippen LogP contribution in [0.2, 0.25) is 0 Å². The highest BCUT2D eigenvalue weighted by molar-refractivity contribution is 7.07. The Hall–Kier alpha value is -1.52. The Morgan fingerprint density at radius 3 is 2.83 bits per heavy atom. The zero-order valence-corrected chi connectivity index (χ0v) is 16.3. The molecule has 1 aromatic rings. The molecule has 2 unspecified atom stereocenters. The van der Waals surface area contributed by atoms with Crippen molar-refractivity contribution in [2.75, 3.05) is 6.54 Å². The van der Waals surface area contributed by atoms with Crippen LogP contribution in [0.15, 0.2) is 34.9 Å². The van der Waals surface area contributed by atoms with Gasteiger partial charge in [-0.2, -0.15) is 0 Å². The third-order valence-corrected chi connectivity index (χ3v) is 4.97. The van der Waals surface area contributed by atoms with Gasteiger partial charge < -0.3 is 10.1 Å². The van der Waals surface area contributed by atoms with Crippen molar-refractivity contribution in [3.63, 3.8) is 0 Å². The highest BCUT2D eigenvalue weighted by atomic mass is 35.5. The van der Waals surface area contributed by atoms with Gasteiger partial charge in [0.2, 0.25) is 0 Å². The van der Waals surface area contributed by atoms with Gasteiger partial charge in [0.05, 0.1) is 5.03 Å². The molecule has 1 N–H and O–H groups in total. The zero-order chi connectivity index (χ0) is 18.1. The highest BCUT2D eigenvalue weighted by Gasteiger charge is 2.19. The lowest BCUT2D eigenvalue weighted by atomic mass is 10.1. The fourth-order valence-corrected chi connectivity index (χ4v) is 2.99. The van der Waals surface area contributed by atoms with Gasteiger partial charge in [0, 0.05) is 11.1 Å². The minimum atomic E-state index is -0.549. The molecule has 0 radical (unpaired) electrons. The summed E-state index contributed by atoms with van der Waals surface area (Å²) in [6.45, 7) is 11.9. The summed E-state index contributed by atoms with van der Waals surface area (Å²) in [5, 5.41) is 6.66.